The van der Waals surface area contributed by atoms with Crippen LogP contribution < -0.4 is 4.74 Å². The molecule has 1 aliphatic rings. The van der Waals surface area contributed by atoms with Crippen LogP contribution in [0.1, 0.15) is 17.0 Å². The van der Waals surface area contributed by atoms with Gasteiger partial charge in [-0.05, 0) is 17.2 Å². The zero-order chi connectivity index (χ0) is 13.9. The summed E-state index contributed by atoms with van der Waals surface area (Å²) in [7, 11) is 0. The van der Waals surface area contributed by atoms with Gasteiger partial charge in [0, 0.05) is 11.5 Å². The summed E-state index contributed by atoms with van der Waals surface area (Å²) in [5, 5.41) is 0. The fourth-order valence-corrected chi connectivity index (χ4v) is 2.74. The largest absolute Gasteiger partial charge is 0.493 e. The van der Waals surface area contributed by atoms with Crippen LogP contribution in [0, 0.1) is 18.3 Å². The number of terminal acetylenes is 1. The van der Waals surface area contributed by atoms with Crippen LogP contribution in [0.3, 0.4) is 0 Å². The highest BCUT2D eigenvalue weighted by molar-refractivity contribution is 5.68. The lowest BCUT2D eigenvalue weighted by Crippen LogP contribution is -2.26. The standard InChI is InChI=1S/C19H16O/c1-3-16-17-11-7-8-12-19(17)20-13-18(16)14(2)15-9-5-4-6-10-15/h1,4-12,16,18H,2,13H2/t16-,18-/m1/s1. The second-order valence-electron chi connectivity index (χ2n) is 4.99. The van der Waals surface area contributed by atoms with Crippen LogP contribution in [-0.2, 0) is 0 Å². The quantitative estimate of drug-likeness (QED) is 0.738. The Hall–Kier alpha value is -2.46. The zero-order valence-corrected chi connectivity index (χ0v) is 11.3. The van der Waals surface area contributed by atoms with Gasteiger partial charge in [0.05, 0.1) is 12.5 Å². The van der Waals surface area contributed by atoms with E-state index in [1.54, 1.807) is 0 Å². The molecule has 0 saturated carbocycles. The maximum atomic E-state index is 5.85. The predicted octanol–water partition coefficient (Wildman–Crippen LogP) is 4.13. The van der Waals surface area contributed by atoms with Crippen molar-refractivity contribution < 1.29 is 4.74 Å². The van der Waals surface area contributed by atoms with Gasteiger partial charge in [-0.25, -0.2) is 0 Å². The van der Waals surface area contributed by atoms with Crippen LogP contribution in [0.5, 0.6) is 5.75 Å². The zero-order valence-electron chi connectivity index (χ0n) is 11.3. The molecule has 0 aromatic heterocycles. The molecule has 0 spiro atoms. The van der Waals surface area contributed by atoms with Gasteiger partial charge >= 0.3 is 0 Å². The minimum Gasteiger partial charge on any atom is -0.493 e. The third-order valence-corrected chi connectivity index (χ3v) is 3.85. The molecule has 0 radical (unpaired) electrons. The van der Waals surface area contributed by atoms with Crippen LogP contribution in [0.2, 0.25) is 0 Å². The Bertz CT molecular complexity index is 664. The van der Waals surface area contributed by atoms with Crippen molar-refractivity contribution >= 4 is 5.57 Å². The van der Waals surface area contributed by atoms with Gasteiger partial charge in [0.2, 0.25) is 0 Å². The molecule has 1 heterocycles. The maximum absolute atomic E-state index is 5.85. The number of fused-ring (bicyclic) bond motifs is 1. The van der Waals surface area contributed by atoms with Gasteiger partial charge in [-0.2, -0.15) is 0 Å². The molecular formula is C19H16O. The van der Waals surface area contributed by atoms with E-state index in [9.17, 15) is 0 Å². The van der Waals surface area contributed by atoms with Gasteiger partial charge in [-0.1, -0.05) is 61.0 Å². The van der Waals surface area contributed by atoms with Gasteiger partial charge in [0.25, 0.3) is 0 Å². The molecule has 0 amide bonds. The Morgan fingerprint density at radius 1 is 1.10 bits per heavy atom. The summed E-state index contributed by atoms with van der Waals surface area (Å²) in [4.78, 5) is 0. The summed E-state index contributed by atoms with van der Waals surface area (Å²) >= 11 is 0. The molecule has 0 fully saturated rings. The van der Waals surface area contributed by atoms with E-state index in [4.69, 9.17) is 11.2 Å². The lowest BCUT2D eigenvalue weighted by atomic mass is 9.78. The maximum Gasteiger partial charge on any atom is 0.123 e. The van der Waals surface area contributed by atoms with Crippen molar-refractivity contribution in [2.24, 2.45) is 5.92 Å². The van der Waals surface area contributed by atoms with Crippen LogP contribution in [0.25, 0.3) is 5.57 Å². The van der Waals surface area contributed by atoms with Crippen molar-refractivity contribution in [3.63, 3.8) is 0 Å². The van der Waals surface area contributed by atoms with Crippen molar-refractivity contribution in [3.8, 4) is 18.1 Å². The third-order valence-electron chi connectivity index (χ3n) is 3.85. The molecule has 2 aromatic carbocycles. The molecule has 0 N–H and O–H groups in total. The van der Waals surface area contributed by atoms with Crippen molar-refractivity contribution in [1.29, 1.82) is 0 Å². The SMILES string of the molecule is C#C[C@@H]1c2ccccc2OC[C@@H]1C(=C)c1ccccc1. The molecule has 98 valence electrons. The molecule has 1 aliphatic heterocycles. The molecule has 3 rings (SSSR count). The normalized spacial score (nSPS) is 20.4. The summed E-state index contributed by atoms with van der Waals surface area (Å²) in [5.74, 6) is 3.96. The average Bonchev–Trinajstić information content (AvgIpc) is 2.54. The van der Waals surface area contributed by atoms with Gasteiger partial charge < -0.3 is 4.74 Å². The minimum absolute atomic E-state index is 0.0210. The molecule has 0 saturated heterocycles. The van der Waals surface area contributed by atoms with Crippen LogP contribution in [-0.4, -0.2) is 6.61 Å². The van der Waals surface area contributed by atoms with E-state index in [2.05, 4.69) is 24.6 Å². The monoisotopic (exact) mass is 260 g/mol. The van der Waals surface area contributed by atoms with Crippen LogP contribution >= 0.6 is 0 Å². The summed E-state index contributed by atoms with van der Waals surface area (Å²) < 4.78 is 5.85. The highest BCUT2D eigenvalue weighted by Crippen LogP contribution is 2.41. The lowest BCUT2D eigenvalue weighted by Gasteiger charge is -2.32. The fraction of sp³-hybridized carbons (Fsp3) is 0.158. The van der Waals surface area contributed by atoms with E-state index >= 15 is 0 Å². The first-order valence-corrected chi connectivity index (χ1v) is 6.73. The van der Waals surface area contributed by atoms with Gasteiger partial charge in [0.1, 0.15) is 5.75 Å². The van der Waals surface area contributed by atoms with Gasteiger partial charge in [-0.3, -0.25) is 0 Å². The molecule has 0 bridgehead atoms. The van der Waals surface area contributed by atoms with Crippen molar-refractivity contribution in [1.82, 2.24) is 0 Å². The Kier molecular flexibility index (Phi) is 3.31. The van der Waals surface area contributed by atoms with Gasteiger partial charge in [0.15, 0.2) is 0 Å². The molecule has 1 nitrogen and oxygen atoms in total. The average molecular weight is 260 g/mol. The summed E-state index contributed by atoms with van der Waals surface area (Å²) in [5.41, 5.74) is 3.26. The highest BCUT2D eigenvalue weighted by Gasteiger charge is 2.31. The van der Waals surface area contributed by atoms with E-state index < -0.39 is 0 Å². The number of ether oxygens (including phenoxy) is 1. The number of benzene rings is 2. The number of rotatable bonds is 2. The second-order valence-corrected chi connectivity index (χ2v) is 4.99. The van der Waals surface area contributed by atoms with E-state index in [-0.39, 0.29) is 11.8 Å². The number of hydrogen-bond acceptors (Lipinski definition) is 1. The number of para-hydroxylation sites is 1. The Labute approximate surface area is 119 Å². The molecule has 20 heavy (non-hydrogen) atoms. The topological polar surface area (TPSA) is 9.23 Å². The fourth-order valence-electron chi connectivity index (χ4n) is 2.74. The summed E-state index contributed by atoms with van der Waals surface area (Å²) in [6.45, 7) is 4.83. The van der Waals surface area contributed by atoms with Crippen molar-refractivity contribution in [3.05, 3.63) is 72.3 Å². The van der Waals surface area contributed by atoms with Crippen LogP contribution in [0.15, 0.2) is 61.2 Å². The molecule has 0 aliphatic carbocycles. The third kappa shape index (κ3) is 2.10. The second kappa shape index (κ2) is 5.27. The first-order valence-electron chi connectivity index (χ1n) is 6.73. The van der Waals surface area contributed by atoms with E-state index in [0.717, 1.165) is 22.4 Å². The Morgan fingerprint density at radius 2 is 1.80 bits per heavy atom. The Morgan fingerprint density at radius 3 is 2.55 bits per heavy atom. The molecule has 2 aromatic rings. The van der Waals surface area contributed by atoms with Crippen molar-refractivity contribution in [2.45, 2.75) is 5.92 Å². The minimum atomic E-state index is 0.0210. The first kappa shape index (κ1) is 12.6. The first-order chi connectivity index (χ1) is 9.81. The van der Waals surface area contributed by atoms with E-state index in [1.165, 1.54) is 0 Å². The van der Waals surface area contributed by atoms with Crippen molar-refractivity contribution in [2.75, 3.05) is 6.61 Å². The summed E-state index contributed by atoms with van der Waals surface area (Å²) in [6.07, 6.45) is 5.78. The highest BCUT2D eigenvalue weighted by atomic mass is 16.5. The number of hydrogen-bond donors (Lipinski definition) is 0. The smallest absolute Gasteiger partial charge is 0.123 e. The van der Waals surface area contributed by atoms with Gasteiger partial charge in [-0.15, -0.1) is 6.42 Å². The van der Waals surface area contributed by atoms with E-state index in [0.29, 0.717) is 6.61 Å². The van der Waals surface area contributed by atoms with E-state index in [1.807, 2.05) is 42.5 Å². The lowest BCUT2D eigenvalue weighted by molar-refractivity contribution is 0.245. The summed E-state index contributed by atoms with van der Waals surface area (Å²) in [6, 6.07) is 18.2. The predicted molar refractivity (Wildman–Crippen MR) is 82.5 cm³/mol. The molecular weight excluding hydrogens is 244 g/mol. The molecule has 2 atom stereocenters. The molecule has 0 unspecified atom stereocenters. The Balaban J connectivity index is 1.96. The molecule has 1 heteroatoms. The van der Waals surface area contributed by atoms with Crippen LogP contribution in [0.4, 0.5) is 0 Å².